The highest BCUT2D eigenvalue weighted by atomic mass is 16.5. The maximum absolute atomic E-state index is 11.6. The Labute approximate surface area is 87.9 Å². The third-order valence-corrected chi connectivity index (χ3v) is 2.53. The molecule has 1 amide bonds. The van der Waals surface area contributed by atoms with Crippen molar-refractivity contribution in [3.8, 4) is 0 Å². The Morgan fingerprint density at radius 1 is 1.53 bits per heavy atom. The van der Waals surface area contributed by atoms with E-state index in [1.165, 1.54) is 0 Å². The van der Waals surface area contributed by atoms with Crippen LogP contribution in [0.25, 0.3) is 0 Å². The fourth-order valence-electron chi connectivity index (χ4n) is 1.79. The van der Waals surface area contributed by atoms with Crippen LogP contribution in [0.2, 0.25) is 0 Å². The van der Waals surface area contributed by atoms with E-state index in [4.69, 9.17) is 0 Å². The minimum atomic E-state index is -0.400. The largest absolute Gasteiger partial charge is 0.752 e. The van der Waals surface area contributed by atoms with Crippen LogP contribution < -0.4 is 5.06 Å². The molecule has 1 atom stereocenters. The van der Waals surface area contributed by atoms with Gasteiger partial charge in [-0.05, 0) is 24.1 Å². The molecule has 0 saturated heterocycles. The summed E-state index contributed by atoms with van der Waals surface area (Å²) < 4.78 is 0. The van der Waals surface area contributed by atoms with Crippen LogP contribution in [0.5, 0.6) is 0 Å². The number of hydroxylamine groups is 1. The Hall–Kier alpha value is -1.83. The van der Waals surface area contributed by atoms with Gasteiger partial charge in [-0.1, -0.05) is 24.8 Å². The predicted molar refractivity (Wildman–Crippen MR) is 58.4 cm³/mol. The van der Waals surface area contributed by atoms with Gasteiger partial charge in [-0.3, -0.25) is 4.79 Å². The number of nitrogens with zero attached hydrogens (tertiary/aromatic N) is 1. The van der Waals surface area contributed by atoms with Gasteiger partial charge in [0.2, 0.25) is 5.91 Å². The summed E-state index contributed by atoms with van der Waals surface area (Å²) >= 11 is 0. The van der Waals surface area contributed by atoms with Gasteiger partial charge in [0.1, 0.15) is 0 Å². The molecule has 1 aromatic rings. The average molecular weight is 200 g/mol. The third-order valence-electron chi connectivity index (χ3n) is 2.53. The summed E-state index contributed by atoms with van der Waals surface area (Å²) in [6, 6.07) is 7.06. The van der Waals surface area contributed by atoms with Gasteiger partial charge in [0.15, 0.2) is 0 Å². The van der Waals surface area contributed by atoms with Gasteiger partial charge < -0.3 is 10.3 Å². The number of rotatable bonds is 2. The zero-order valence-corrected chi connectivity index (χ0v) is 8.14. The van der Waals surface area contributed by atoms with Crippen molar-refractivity contribution in [2.45, 2.75) is 12.3 Å². The molecule has 15 heavy (non-hydrogen) atoms. The van der Waals surface area contributed by atoms with Crippen LogP contribution in [0.3, 0.4) is 0 Å². The summed E-state index contributed by atoms with van der Waals surface area (Å²) in [7, 11) is 0. The second kappa shape index (κ2) is 3.73. The van der Waals surface area contributed by atoms with Crippen molar-refractivity contribution < 1.29 is 4.79 Å². The van der Waals surface area contributed by atoms with E-state index < -0.39 is 5.91 Å². The van der Waals surface area contributed by atoms with Crippen LogP contribution in [-0.4, -0.2) is 5.91 Å². The molecule has 1 aliphatic heterocycles. The molecular formula is C12H10NO2-. The maximum Gasteiger partial charge on any atom is 0.224 e. The molecule has 0 bridgehead atoms. The molecule has 3 heteroatoms. The Kier molecular flexibility index (Phi) is 2.42. The number of hydrogen-bond donors (Lipinski definition) is 0. The van der Waals surface area contributed by atoms with E-state index in [1.54, 1.807) is 18.2 Å². The van der Waals surface area contributed by atoms with Gasteiger partial charge in [-0.2, -0.15) is 0 Å². The first-order valence-corrected chi connectivity index (χ1v) is 4.70. The van der Waals surface area contributed by atoms with Crippen LogP contribution in [0.4, 0.5) is 5.69 Å². The fraction of sp³-hybridized carbons (Fsp3) is 0.167. The van der Waals surface area contributed by atoms with E-state index in [2.05, 4.69) is 12.3 Å². The normalized spacial score (nSPS) is 18.6. The first-order chi connectivity index (χ1) is 7.25. The number of para-hydroxylation sites is 1. The highest BCUT2D eigenvalue weighted by molar-refractivity contribution is 6.05. The molecule has 0 fully saturated rings. The van der Waals surface area contributed by atoms with Crippen LogP contribution in [-0.2, 0) is 4.79 Å². The molecule has 0 spiro atoms. The zero-order valence-electron chi connectivity index (χ0n) is 8.14. The van der Waals surface area contributed by atoms with E-state index in [9.17, 15) is 10.0 Å². The van der Waals surface area contributed by atoms with Gasteiger partial charge >= 0.3 is 0 Å². The topological polar surface area (TPSA) is 43.4 Å². The van der Waals surface area contributed by atoms with E-state index in [0.717, 1.165) is 5.56 Å². The molecule has 2 rings (SSSR count). The van der Waals surface area contributed by atoms with Gasteiger partial charge in [0, 0.05) is 5.69 Å². The molecule has 0 aliphatic carbocycles. The molecule has 0 saturated carbocycles. The van der Waals surface area contributed by atoms with Crippen molar-refractivity contribution in [2.24, 2.45) is 0 Å². The number of carbonyl (C=O) groups excluding carboxylic acids is 1. The lowest BCUT2D eigenvalue weighted by Crippen LogP contribution is -2.21. The molecule has 76 valence electrons. The Bertz CT molecular complexity index is 447. The summed E-state index contributed by atoms with van der Waals surface area (Å²) in [6.45, 7) is 3.44. The molecule has 1 aromatic carbocycles. The molecule has 0 N–H and O–H groups in total. The third kappa shape index (κ3) is 1.48. The molecule has 1 aliphatic rings. The van der Waals surface area contributed by atoms with Crippen molar-refractivity contribution in [1.29, 1.82) is 0 Å². The van der Waals surface area contributed by atoms with Gasteiger partial charge in [-0.25, -0.2) is 0 Å². The number of carbonyl (C=O) groups is 1. The van der Waals surface area contributed by atoms with Crippen molar-refractivity contribution in [1.82, 2.24) is 0 Å². The van der Waals surface area contributed by atoms with E-state index >= 15 is 0 Å². The molecule has 3 nitrogen and oxygen atoms in total. The Morgan fingerprint density at radius 2 is 2.27 bits per heavy atom. The molecule has 0 radical (unpaired) electrons. The number of hydrogen-bond acceptors (Lipinski definition) is 2. The number of allylic oxidation sites excluding steroid dienone is 1. The predicted octanol–water partition coefficient (Wildman–Crippen LogP) is 2.35. The Balaban J connectivity index is 2.42. The highest BCUT2D eigenvalue weighted by Crippen LogP contribution is 2.38. The number of anilines is 1. The zero-order chi connectivity index (χ0) is 10.8. The number of amides is 1. The lowest BCUT2D eigenvalue weighted by atomic mass is 9.97. The maximum atomic E-state index is 11.6. The van der Waals surface area contributed by atoms with Crippen LogP contribution in [0.15, 0.2) is 42.7 Å². The lowest BCUT2D eigenvalue weighted by Gasteiger charge is -2.22. The van der Waals surface area contributed by atoms with E-state index in [0.29, 0.717) is 17.2 Å². The van der Waals surface area contributed by atoms with E-state index in [1.807, 2.05) is 12.1 Å². The van der Waals surface area contributed by atoms with Crippen molar-refractivity contribution >= 4 is 11.6 Å². The standard InChI is InChI=1S/C12H10NO2/c1-2-3-6-10-9-7-4-5-8-11(9)13(15)12(10)14/h3-5,7-8,10H,1,6H2/q-1. The second-order valence-electron chi connectivity index (χ2n) is 3.39. The van der Waals surface area contributed by atoms with Crippen molar-refractivity contribution in [3.63, 3.8) is 0 Å². The molecular weight excluding hydrogens is 190 g/mol. The van der Waals surface area contributed by atoms with Gasteiger partial charge in [0.25, 0.3) is 0 Å². The Morgan fingerprint density at radius 3 is 3.00 bits per heavy atom. The van der Waals surface area contributed by atoms with Crippen LogP contribution >= 0.6 is 0 Å². The summed E-state index contributed by atoms with van der Waals surface area (Å²) in [5.41, 5.74) is 3.87. The summed E-state index contributed by atoms with van der Waals surface area (Å²) in [5.74, 6) is -0.768. The minimum absolute atomic E-state index is 0.368. The van der Waals surface area contributed by atoms with Gasteiger partial charge in [-0.15, -0.1) is 5.73 Å². The second-order valence-corrected chi connectivity index (χ2v) is 3.39. The molecule has 1 heterocycles. The summed E-state index contributed by atoms with van der Waals surface area (Å²) in [6.07, 6.45) is 2.16. The lowest BCUT2D eigenvalue weighted by molar-refractivity contribution is -0.118. The van der Waals surface area contributed by atoms with E-state index in [-0.39, 0.29) is 5.92 Å². The first kappa shape index (κ1) is 9.71. The van der Waals surface area contributed by atoms with Crippen LogP contribution in [0.1, 0.15) is 17.9 Å². The van der Waals surface area contributed by atoms with Gasteiger partial charge in [0.05, 0.1) is 5.92 Å². The highest BCUT2D eigenvalue weighted by Gasteiger charge is 2.30. The van der Waals surface area contributed by atoms with Crippen LogP contribution in [0, 0.1) is 5.21 Å². The smallest absolute Gasteiger partial charge is 0.224 e. The summed E-state index contributed by atoms with van der Waals surface area (Å²) in [4.78, 5) is 11.6. The molecule has 1 unspecified atom stereocenters. The van der Waals surface area contributed by atoms with Crippen molar-refractivity contribution in [3.05, 3.63) is 53.4 Å². The summed E-state index contributed by atoms with van der Waals surface area (Å²) in [5, 5.41) is 12.0. The number of benzene rings is 1. The first-order valence-electron chi connectivity index (χ1n) is 4.70. The molecule has 0 aromatic heterocycles. The van der Waals surface area contributed by atoms with Crippen molar-refractivity contribution in [2.75, 3.05) is 5.06 Å². The monoisotopic (exact) mass is 200 g/mol. The minimum Gasteiger partial charge on any atom is -0.752 e. The number of fused-ring (bicyclic) bond motifs is 1. The SMILES string of the molecule is C=C=CCC1C(=O)N([O-])c2ccccc21. The average Bonchev–Trinajstić information content (AvgIpc) is 2.51. The fourth-order valence-corrected chi connectivity index (χ4v) is 1.79. The quantitative estimate of drug-likeness (QED) is 0.688.